The first-order valence-corrected chi connectivity index (χ1v) is 28.1. The monoisotopic (exact) mass is 1220 g/mol. The molecule has 0 aliphatic rings. The maximum Gasteiger partial charge on any atom is 0.237 e. The smallest absolute Gasteiger partial charge is 0.237 e. The lowest BCUT2D eigenvalue weighted by Crippen LogP contribution is -2.54. The fraction of sp³-hybridized carbons (Fsp3) is 0.961. The maximum atomic E-state index is 13.4. The van der Waals surface area contributed by atoms with Gasteiger partial charge < -0.3 is 144 Å². The third kappa shape index (κ3) is 44.1. The van der Waals surface area contributed by atoms with Gasteiger partial charge >= 0.3 is 0 Å². The molecule has 0 saturated heterocycles. The summed E-state index contributed by atoms with van der Waals surface area (Å²) in [5.41, 5.74) is 0. The van der Waals surface area contributed by atoms with Gasteiger partial charge in [-0.3, -0.25) is 14.5 Å². The Kier molecular flexibility index (Phi) is 54.0. The standard InChI is InChI=1S/C51H103N3O29/c1-37(58)4-7-72-9-11-74-13-15-76-17-19-78-21-23-80-25-27-82-29-30-83-28-26-81-24-22-79-20-18-77-16-14-75-12-10-73-8-5-52-51(71)38(53-31-39(59)45(65)48(68)42(62)34-55)3-2-6-54(32-40(60)46(66)49(69)43(63)35-56)33-41(61)47(67)50(70)44(64)36-57/h38-50,53,55-57,59-70H,2-36H2,1H3,(H,52,71)/t38?,39-,40-,41-,42+,43+,44+,45+,46+,47+,48+,49+,50+/m0/s1. The van der Waals surface area contributed by atoms with E-state index in [-0.39, 0.29) is 58.1 Å². The van der Waals surface area contributed by atoms with Crippen molar-refractivity contribution >= 4 is 11.7 Å². The number of carbonyl (C=O) groups excluding carboxylic acids is 2. The molecule has 1 unspecified atom stereocenters. The van der Waals surface area contributed by atoms with Gasteiger partial charge in [-0.2, -0.15) is 0 Å². The summed E-state index contributed by atoms with van der Waals surface area (Å²) in [6.45, 7) is 5.95. The number of carbonyl (C=O) groups is 2. The maximum absolute atomic E-state index is 13.4. The number of amides is 1. The summed E-state index contributed by atoms with van der Waals surface area (Å²) in [7, 11) is 0. The van der Waals surface area contributed by atoms with Gasteiger partial charge in [0.05, 0.1) is 203 Å². The predicted molar refractivity (Wildman–Crippen MR) is 289 cm³/mol. The second-order valence-corrected chi connectivity index (χ2v) is 18.8. The van der Waals surface area contributed by atoms with Gasteiger partial charge in [0, 0.05) is 32.6 Å². The predicted octanol–water partition coefficient (Wildman–Crippen LogP) is -9.37. The fourth-order valence-electron chi connectivity index (χ4n) is 7.03. The number of ketones is 1. The summed E-state index contributed by atoms with van der Waals surface area (Å²) >= 11 is 0. The number of nitrogens with one attached hydrogen (secondary N) is 2. The van der Waals surface area contributed by atoms with Crippen molar-refractivity contribution < 1.29 is 143 Å². The fourth-order valence-corrected chi connectivity index (χ4v) is 7.03. The van der Waals surface area contributed by atoms with Crippen LogP contribution in [-0.2, 0) is 66.4 Å². The molecule has 0 heterocycles. The van der Waals surface area contributed by atoms with E-state index in [9.17, 15) is 70.9 Å². The Morgan fingerprint density at radius 2 is 0.639 bits per heavy atom. The highest BCUT2D eigenvalue weighted by Gasteiger charge is 2.35. The average Bonchev–Trinajstić information content (AvgIpc) is 3.50. The van der Waals surface area contributed by atoms with Crippen LogP contribution in [-0.4, -0.2) is 384 Å². The number of hydrogen-bond acceptors (Lipinski definition) is 31. The Labute approximate surface area is 485 Å². The first-order valence-electron chi connectivity index (χ1n) is 28.1. The Morgan fingerprint density at radius 3 is 0.928 bits per heavy atom. The van der Waals surface area contributed by atoms with Gasteiger partial charge in [-0.05, 0) is 26.3 Å². The molecule has 83 heavy (non-hydrogen) atoms. The van der Waals surface area contributed by atoms with E-state index in [4.69, 9.17) is 72.2 Å². The van der Waals surface area contributed by atoms with Crippen LogP contribution in [0.15, 0.2) is 0 Å². The number of Topliss-reactive ketones (excluding diaryl/α,β-unsaturated/α-hetero) is 1. The van der Waals surface area contributed by atoms with Gasteiger partial charge in [0.15, 0.2) is 0 Å². The van der Waals surface area contributed by atoms with Crippen molar-refractivity contribution in [1.29, 1.82) is 0 Å². The van der Waals surface area contributed by atoms with Crippen LogP contribution in [0.2, 0.25) is 0 Å². The molecule has 1 amide bonds. The lowest BCUT2D eigenvalue weighted by molar-refractivity contribution is -0.130. The molecule has 0 aromatic rings. The van der Waals surface area contributed by atoms with Crippen molar-refractivity contribution in [3.05, 3.63) is 0 Å². The Bertz CT molecular complexity index is 1430. The molecule has 0 aliphatic heterocycles. The topological polar surface area (TPSA) is 476 Å². The van der Waals surface area contributed by atoms with E-state index >= 15 is 0 Å². The molecule has 32 heteroatoms. The Balaban J connectivity index is 4.37. The molecule has 0 aromatic heterocycles. The Hall–Kier alpha value is -2.02. The minimum Gasteiger partial charge on any atom is -0.394 e. The summed E-state index contributed by atoms with van der Waals surface area (Å²) in [5, 5.41) is 155. The van der Waals surface area contributed by atoms with E-state index in [1.165, 1.54) is 11.8 Å². The molecule has 0 aliphatic carbocycles. The molecule has 0 fully saturated rings. The van der Waals surface area contributed by atoms with Gasteiger partial charge in [0.2, 0.25) is 5.91 Å². The number of hydrogen-bond donors (Lipinski definition) is 17. The Morgan fingerprint density at radius 1 is 0.373 bits per heavy atom. The van der Waals surface area contributed by atoms with E-state index in [0.717, 1.165) is 0 Å². The number of aliphatic hydroxyl groups is 15. The quantitative estimate of drug-likeness (QED) is 0.0252. The van der Waals surface area contributed by atoms with Gasteiger partial charge in [-0.15, -0.1) is 0 Å². The molecule has 0 bridgehead atoms. The van der Waals surface area contributed by atoms with Crippen LogP contribution >= 0.6 is 0 Å². The highest BCUT2D eigenvalue weighted by Crippen LogP contribution is 2.13. The van der Waals surface area contributed by atoms with Crippen LogP contribution in [0.4, 0.5) is 0 Å². The van der Waals surface area contributed by atoms with Gasteiger partial charge in [-0.1, -0.05) is 0 Å². The average molecular weight is 1220 g/mol. The van der Waals surface area contributed by atoms with Gasteiger partial charge in [0.1, 0.15) is 60.7 Å². The molecule has 0 rings (SSSR count). The van der Waals surface area contributed by atoms with Crippen molar-refractivity contribution in [1.82, 2.24) is 15.5 Å². The third-order valence-corrected chi connectivity index (χ3v) is 12.0. The largest absolute Gasteiger partial charge is 0.394 e. The molecule has 0 saturated carbocycles. The van der Waals surface area contributed by atoms with Crippen molar-refractivity contribution in [3.63, 3.8) is 0 Å². The van der Waals surface area contributed by atoms with Crippen LogP contribution in [0, 0.1) is 0 Å². The summed E-state index contributed by atoms with van der Waals surface area (Å²) in [6, 6.07) is -1.14. The highest BCUT2D eigenvalue weighted by molar-refractivity contribution is 5.81. The SMILES string of the molecule is CC(=O)CCOCCOCCOCCOCCOCCOCCOCCOCCOCCOCCOCCOCCNC(=O)C(CCCN(C[C@H](O)[C@@H](O)[C@H](O)[C@H](O)CO)C[C@H](O)[C@@H](O)[C@H](O)[C@H](O)CO)NC[C@H](O)[C@@H](O)[C@H](O)[C@H](O)CO. The summed E-state index contributed by atoms with van der Waals surface area (Å²) in [6.07, 6.45) is -22.5. The molecule has 0 aromatic carbocycles. The van der Waals surface area contributed by atoms with Crippen molar-refractivity contribution in [2.45, 2.75) is 105 Å². The van der Waals surface area contributed by atoms with Crippen LogP contribution in [0.5, 0.6) is 0 Å². The van der Waals surface area contributed by atoms with Crippen LogP contribution in [0.1, 0.15) is 26.2 Å². The summed E-state index contributed by atoms with van der Waals surface area (Å²) in [5.74, 6) is -0.527. The molecular weight excluding hydrogens is 1120 g/mol. The number of rotatable bonds is 63. The first kappa shape index (κ1) is 81.0. The van der Waals surface area contributed by atoms with Gasteiger partial charge in [0.25, 0.3) is 0 Å². The zero-order chi connectivity index (χ0) is 61.9. The van der Waals surface area contributed by atoms with Crippen molar-refractivity contribution in [3.8, 4) is 0 Å². The lowest BCUT2D eigenvalue weighted by atomic mass is 10.0. The van der Waals surface area contributed by atoms with E-state index in [0.29, 0.717) is 139 Å². The lowest BCUT2D eigenvalue weighted by Gasteiger charge is -2.33. The molecule has 0 radical (unpaired) electrons. The zero-order valence-electron chi connectivity index (χ0n) is 48.1. The van der Waals surface area contributed by atoms with Crippen LogP contribution < -0.4 is 10.6 Å². The molecule has 32 nitrogen and oxygen atoms in total. The highest BCUT2D eigenvalue weighted by atomic mass is 16.6. The molecule has 13 atom stereocenters. The van der Waals surface area contributed by atoms with E-state index in [1.807, 2.05) is 0 Å². The number of ether oxygens (including phenoxy) is 12. The second-order valence-electron chi connectivity index (χ2n) is 18.8. The van der Waals surface area contributed by atoms with Crippen LogP contribution in [0.3, 0.4) is 0 Å². The molecule has 17 N–H and O–H groups in total. The number of nitrogens with zero attached hydrogens (tertiary/aromatic N) is 1. The van der Waals surface area contributed by atoms with Gasteiger partial charge in [-0.25, -0.2) is 0 Å². The third-order valence-electron chi connectivity index (χ3n) is 12.0. The number of aliphatic hydroxyl groups excluding tert-OH is 15. The van der Waals surface area contributed by atoms with Crippen LogP contribution in [0.25, 0.3) is 0 Å². The molecular formula is C51H103N3O29. The minimum absolute atomic E-state index is 0.00345. The van der Waals surface area contributed by atoms with E-state index in [2.05, 4.69) is 10.6 Å². The zero-order valence-corrected chi connectivity index (χ0v) is 48.1. The van der Waals surface area contributed by atoms with E-state index in [1.54, 1.807) is 0 Å². The summed E-state index contributed by atoms with van der Waals surface area (Å²) < 4.78 is 65.5. The van der Waals surface area contributed by atoms with Crippen molar-refractivity contribution in [2.24, 2.45) is 0 Å². The second kappa shape index (κ2) is 55.3. The molecule has 496 valence electrons. The normalized spacial score (nSPS) is 16.9. The van der Waals surface area contributed by atoms with Crippen molar-refractivity contribution in [2.75, 3.05) is 211 Å². The first-order chi connectivity index (χ1) is 39.9. The minimum atomic E-state index is -2.02. The summed E-state index contributed by atoms with van der Waals surface area (Å²) in [4.78, 5) is 25.5. The molecule has 0 spiro atoms. The van der Waals surface area contributed by atoms with E-state index < -0.39 is 125 Å².